The predicted octanol–water partition coefficient (Wildman–Crippen LogP) is 2.16. The molecule has 3 aromatic rings. The first-order valence-corrected chi connectivity index (χ1v) is 13.9. The van der Waals surface area contributed by atoms with Crippen LogP contribution in [0.15, 0.2) is 54.6 Å². The third-order valence-electron chi connectivity index (χ3n) is 6.48. The SMILES string of the molecule is CS(=O)(=O)CCC(C(=O)NO)N1CC[C@@](N)(c2ccc(OCc3cc(Cl)nc4ccccc34)cc2)C1=O. The van der Waals surface area contributed by atoms with Gasteiger partial charge in [-0.1, -0.05) is 41.9 Å². The summed E-state index contributed by atoms with van der Waals surface area (Å²) in [4.78, 5) is 31.1. The molecule has 37 heavy (non-hydrogen) atoms. The van der Waals surface area contributed by atoms with Crippen molar-refractivity contribution in [3.05, 3.63) is 70.9 Å². The van der Waals surface area contributed by atoms with E-state index in [2.05, 4.69) is 4.98 Å². The van der Waals surface area contributed by atoms with Crippen LogP contribution in [0.5, 0.6) is 5.75 Å². The maximum absolute atomic E-state index is 13.3. The Labute approximate surface area is 219 Å². The van der Waals surface area contributed by atoms with E-state index in [-0.39, 0.29) is 31.7 Å². The summed E-state index contributed by atoms with van der Waals surface area (Å²) in [7, 11) is -3.39. The Balaban J connectivity index is 1.48. The van der Waals surface area contributed by atoms with Crippen LogP contribution in [0.2, 0.25) is 5.15 Å². The zero-order chi connectivity index (χ0) is 26.8. The molecule has 10 nitrogen and oxygen atoms in total. The third kappa shape index (κ3) is 5.85. The van der Waals surface area contributed by atoms with Crippen LogP contribution in [-0.2, 0) is 31.6 Å². The molecule has 196 valence electrons. The predicted molar refractivity (Wildman–Crippen MR) is 138 cm³/mol. The maximum Gasteiger partial charge on any atom is 0.266 e. The van der Waals surface area contributed by atoms with E-state index >= 15 is 0 Å². The molecule has 2 heterocycles. The van der Waals surface area contributed by atoms with E-state index in [1.165, 1.54) is 10.4 Å². The summed E-state index contributed by atoms with van der Waals surface area (Å²) in [5.74, 6) is -1.16. The van der Waals surface area contributed by atoms with E-state index in [0.717, 1.165) is 22.7 Å². The number of nitrogens with zero attached hydrogens (tertiary/aromatic N) is 2. The highest BCUT2D eigenvalue weighted by molar-refractivity contribution is 7.90. The number of fused-ring (bicyclic) bond motifs is 1. The molecule has 1 aliphatic heterocycles. The molecule has 4 rings (SSSR count). The number of benzene rings is 2. The van der Waals surface area contributed by atoms with Crippen molar-refractivity contribution in [1.29, 1.82) is 0 Å². The highest BCUT2D eigenvalue weighted by atomic mass is 35.5. The molecular weight excluding hydrogens is 520 g/mol. The van der Waals surface area contributed by atoms with Crippen LogP contribution < -0.4 is 16.0 Å². The van der Waals surface area contributed by atoms with Crippen molar-refractivity contribution >= 4 is 44.2 Å². The summed E-state index contributed by atoms with van der Waals surface area (Å²) >= 11 is 6.15. The normalized spacial score (nSPS) is 18.7. The molecule has 2 aromatic carbocycles. The number of sulfone groups is 1. The fourth-order valence-corrected chi connectivity index (χ4v) is 5.37. The standard InChI is InChI=1S/C25H27ClN4O6S/c1-37(34,35)13-10-21(23(31)29-33)30-12-11-25(27,24(30)32)17-6-8-18(9-7-17)36-15-16-14-22(26)28-20-5-3-2-4-19(16)20/h2-9,14,21,33H,10-13,15,27H2,1H3,(H,29,31)/t21?,25-/m1/s1. The summed E-state index contributed by atoms with van der Waals surface area (Å²) in [6, 6.07) is 15.0. The minimum absolute atomic E-state index is 0.130. The first-order chi connectivity index (χ1) is 17.5. The largest absolute Gasteiger partial charge is 0.489 e. The van der Waals surface area contributed by atoms with Gasteiger partial charge in [0.15, 0.2) is 0 Å². The average molecular weight is 547 g/mol. The summed E-state index contributed by atoms with van der Waals surface area (Å²) in [6.45, 7) is 0.381. The van der Waals surface area contributed by atoms with Crippen LogP contribution in [-0.4, -0.2) is 59.9 Å². The number of para-hydroxylation sites is 1. The minimum Gasteiger partial charge on any atom is -0.489 e. The number of halogens is 1. The van der Waals surface area contributed by atoms with Crippen molar-refractivity contribution in [2.75, 3.05) is 18.6 Å². The molecule has 1 aliphatic rings. The number of rotatable bonds is 9. The molecule has 1 saturated heterocycles. The fourth-order valence-electron chi connectivity index (χ4n) is 4.50. The monoisotopic (exact) mass is 546 g/mol. The van der Waals surface area contributed by atoms with Crippen molar-refractivity contribution in [3.8, 4) is 5.75 Å². The number of carbonyl (C=O) groups excluding carboxylic acids is 2. The van der Waals surface area contributed by atoms with Crippen LogP contribution >= 0.6 is 11.6 Å². The maximum atomic E-state index is 13.3. The lowest BCUT2D eigenvalue weighted by Gasteiger charge is -2.29. The molecule has 2 atom stereocenters. The zero-order valence-electron chi connectivity index (χ0n) is 20.1. The molecule has 1 aromatic heterocycles. The number of likely N-dealkylation sites (tertiary alicyclic amines) is 1. The Morgan fingerprint density at radius 2 is 1.97 bits per heavy atom. The molecule has 0 spiro atoms. The minimum atomic E-state index is -3.39. The molecule has 1 fully saturated rings. The smallest absolute Gasteiger partial charge is 0.266 e. The van der Waals surface area contributed by atoms with Gasteiger partial charge >= 0.3 is 0 Å². The number of hydrogen-bond donors (Lipinski definition) is 3. The lowest BCUT2D eigenvalue weighted by molar-refractivity contribution is -0.144. The third-order valence-corrected chi connectivity index (χ3v) is 7.65. The van der Waals surface area contributed by atoms with Crippen LogP contribution in [0, 0.1) is 0 Å². The quantitative estimate of drug-likeness (QED) is 0.210. The van der Waals surface area contributed by atoms with Gasteiger partial charge in [0.1, 0.15) is 38.9 Å². The molecule has 4 N–H and O–H groups in total. The molecule has 12 heteroatoms. The number of aromatic nitrogens is 1. The second kappa shape index (κ2) is 10.6. The summed E-state index contributed by atoms with van der Waals surface area (Å²) in [5.41, 5.74) is 8.78. The first kappa shape index (κ1) is 26.8. The van der Waals surface area contributed by atoms with Gasteiger partial charge in [0, 0.05) is 23.8 Å². The number of nitrogens with one attached hydrogen (secondary N) is 1. The lowest BCUT2D eigenvalue weighted by atomic mass is 9.89. The Morgan fingerprint density at radius 1 is 1.27 bits per heavy atom. The van der Waals surface area contributed by atoms with Crippen LogP contribution in [0.3, 0.4) is 0 Å². The van der Waals surface area contributed by atoms with E-state index in [1.54, 1.807) is 30.3 Å². The second-order valence-corrected chi connectivity index (χ2v) is 11.7. The topological polar surface area (TPSA) is 152 Å². The molecule has 0 aliphatic carbocycles. The average Bonchev–Trinajstić information content (AvgIpc) is 3.17. The van der Waals surface area contributed by atoms with Gasteiger partial charge < -0.3 is 15.4 Å². The van der Waals surface area contributed by atoms with Gasteiger partial charge in [0.25, 0.3) is 5.91 Å². The van der Waals surface area contributed by atoms with Gasteiger partial charge in [0.2, 0.25) is 5.91 Å². The van der Waals surface area contributed by atoms with E-state index < -0.39 is 33.2 Å². The molecule has 2 amide bonds. The van der Waals surface area contributed by atoms with Gasteiger partial charge in [-0.25, -0.2) is 18.9 Å². The molecule has 0 radical (unpaired) electrons. The lowest BCUT2D eigenvalue weighted by Crippen LogP contribution is -2.52. The van der Waals surface area contributed by atoms with E-state index in [4.69, 9.17) is 27.3 Å². The first-order valence-electron chi connectivity index (χ1n) is 11.5. The van der Waals surface area contributed by atoms with Gasteiger partial charge in [-0.2, -0.15) is 0 Å². The number of carbonyl (C=O) groups is 2. The van der Waals surface area contributed by atoms with Crippen LogP contribution in [0.1, 0.15) is 24.0 Å². The van der Waals surface area contributed by atoms with Gasteiger partial charge in [-0.05, 0) is 42.7 Å². The second-order valence-electron chi connectivity index (χ2n) is 9.06. The molecule has 0 bridgehead atoms. The Bertz CT molecular complexity index is 1430. The summed E-state index contributed by atoms with van der Waals surface area (Å²) in [5, 5.41) is 10.4. The Hall–Kier alpha value is -3.25. The fraction of sp³-hybridized carbons (Fsp3) is 0.320. The van der Waals surface area contributed by atoms with Gasteiger partial charge in [-0.3, -0.25) is 14.8 Å². The van der Waals surface area contributed by atoms with E-state index in [1.807, 2.05) is 24.3 Å². The van der Waals surface area contributed by atoms with Crippen molar-refractivity contribution in [2.24, 2.45) is 5.73 Å². The van der Waals surface area contributed by atoms with E-state index in [0.29, 0.717) is 16.5 Å². The Morgan fingerprint density at radius 3 is 2.65 bits per heavy atom. The van der Waals surface area contributed by atoms with Crippen LogP contribution in [0.25, 0.3) is 10.9 Å². The van der Waals surface area contributed by atoms with Gasteiger partial charge in [0.05, 0.1) is 11.3 Å². The van der Waals surface area contributed by atoms with Crippen molar-refractivity contribution in [3.63, 3.8) is 0 Å². The highest BCUT2D eigenvalue weighted by Gasteiger charge is 2.48. The van der Waals surface area contributed by atoms with Crippen LogP contribution in [0.4, 0.5) is 0 Å². The highest BCUT2D eigenvalue weighted by Crippen LogP contribution is 2.34. The number of pyridine rings is 1. The number of ether oxygens (including phenoxy) is 1. The molecule has 1 unspecified atom stereocenters. The Kier molecular flexibility index (Phi) is 7.69. The number of nitrogens with two attached hydrogens (primary N) is 1. The molecule has 0 saturated carbocycles. The van der Waals surface area contributed by atoms with Crippen molar-refractivity contribution in [2.45, 2.75) is 31.0 Å². The van der Waals surface area contributed by atoms with Crippen molar-refractivity contribution < 1.29 is 28.0 Å². The number of hydrogen-bond acceptors (Lipinski definition) is 8. The molecular formula is C25H27ClN4O6S. The van der Waals surface area contributed by atoms with Crippen molar-refractivity contribution in [1.82, 2.24) is 15.4 Å². The van der Waals surface area contributed by atoms with E-state index in [9.17, 15) is 18.0 Å². The van der Waals surface area contributed by atoms with Gasteiger partial charge in [-0.15, -0.1) is 0 Å². The number of hydroxylamine groups is 1. The zero-order valence-corrected chi connectivity index (χ0v) is 21.6. The summed E-state index contributed by atoms with van der Waals surface area (Å²) in [6.07, 6.45) is 1.09. The summed E-state index contributed by atoms with van der Waals surface area (Å²) < 4.78 is 29.2. The number of amides is 2.